The van der Waals surface area contributed by atoms with Gasteiger partial charge >= 0.3 is 32.5 Å². The fraction of sp³-hybridized carbons (Fsp3) is 0.156. The first-order valence-electron chi connectivity index (χ1n) is 13.5. The molecular formula is C32H24F8IrN7. The van der Waals surface area contributed by atoms with E-state index in [2.05, 4.69) is 38.4 Å². The molecular weight excluding hydrogens is 827 g/mol. The third-order valence-corrected chi connectivity index (χ3v) is 6.42. The van der Waals surface area contributed by atoms with Gasteiger partial charge in [0.15, 0.2) is 0 Å². The van der Waals surface area contributed by atoms with E-state index in [1.165, 1.54) is 29.3 Å². The third kappa shape index (κ3) is 10.3. The van der Waals surface area contributed by atoms with Crippen LogP contribution in [0.2, 0.25) is 0 Å². The SMILES string of the molecule is Cc1ccc(F)[c-]c1Cn1cccn1.FC(F)(F)c1cc(-c2ccccn2)[n-]n1.[CH2-]c1c(F)ccc(C(F)(F)F)c1Cn1cccn1.[Ir+3]. The Kier molecular flexibility index (Phi) is 12.8. The zero-order valence-corrected chi connectivity index (χ0v) is 27.2. The van der Waals surface area contributed by atoms with E-state index in [1.54, 1.807) is 41.2 Å². The first-order valence-corrected chi connectivity index (χ1v) is 13.5. The fourth-order valence-electron chi connectivity index (χ4n) is 4.04. The molecule has 0 aliphatic heterocycles. The van der Waals surface area contributed by atoms with Crippen molar-refractivity contribution in [3.8, 4) is 11.4 Å². The molecule has 6 aromatic rings. The van der Waals surface area contributed by atoms with Gasteiger partial charge in [-0.25, -0.2) is 4.39 Å². The molecule has 0 fully saturated rings. The number of hydrogen-bond acceptors (Lipinski definition) is 4. The van der Waals surface area contributed by atoms with E-state index in [4.69, 9.17) is 0 Å². The summed E-state index contributed by atoms with van der Waals surface area (Å²) in [5.74, 6) is -1.08. The standard InChI is InChI=1S/C12H9F4N2.C11H10FN2.C9H5F3N3.Ir/c1-8-9(7-18-6-2-5-17-18)10(12(14,15)16)3-4-11(8)13;1-9-3-4-11(12)7-10(9)8-14-6-2-5-13-14;10-9(11,12)8-5-7(14-15-8)6-3-1-2-4-13-6;/h2-6H,1,7H2;2-6H,8H2,1H3;1-5H;/q3*-1;+3. The first kappa shape index (κ1) is 37.6. The Morgan fingerprint density at radius 1 is 0.812 bits per heavy atom. The van der Waals surface area contributed by atoms with Crippen molar-refractivity contribution in [2.75, 3.05) is 0 Å². The summed E-state index contributed by atoms with van der Waals surface area (Å²) in [4.78, 5) is 3.87. The topological polar surface area (TPSA) is 75.5 Å². The Morgan fingerprint density at radius 3 is 2.02 bits per heavy atom. The summed E-state index contributed by atoms with van der Waals surface area (Å²) >= 11 is 0. The van der Waals surface area contributed by atoms with Crippen LogP contribution in [0, 0.1) is 31.5 Å². The van der Waals surface area contributed by atoms with E-state index in [9.17, 15) is 35.1 Å². The molecule has 0 saturated carbocycles. The van der Waals surface area contributed by atoms with E-state index in [0.29, 0.717) is 12.2 Å². The number of aryl methyl sites for hydroxylation is 1. The summed E-state index contributed by atoms with van der Waals surface area (Å²) in [6.07, 6.45) is -1.02. The van der Waals surface area contributed by atoms with E-state index >= 15 is 0 Å². The maximum atomic E-state index is 13.3. The molecule has 0 saturated heterocycles. The van der Waals surface area contributed by atoms with Crippen molar-refractivity contribution >= 4 is 0 Å². The second kappa shape index (κ2) is 16.3. The molecule has 0 N–H and O–H groups in total. The molecule has 4 aromatic heterocycles. The van der Waals surface area contributed by atoms with Crippen LogP contribution in [0.5, 0.6) is 0 Å². The zero-order valence-electron chi connectivity index (χ0n) is 24.8. The van der Waals surface area contributed by atoms with Crippen LogP contribution in [-0.4, -0.2) is 29.6 Å². The van der Waals surface area contributed by atoms with Crippen molar-refractivity contribution in [3.63, 3.8) is 0 Å². The minimum absolute atomic E-state index is 0. The largest absolute Gasteiger partial charge is 3.00 e. The van der Waals surface area contributed by atoms with E-state index in [-0.39, 0.29) is 49.3 Å². The summed E-state index contributed by atoms with van der Waals surface area (Å²) < 4.78 is 104. The van der Waals surface area contributed by atoms with Gasteiger partial charge in [0, 0.05) is 67.0 Å². The van der Waals surface area contributed by atoms with Crippen LogP contribution in [0.15, 0.2) is 91.6 Å². The van der Waals surface area contributed by atoms with Crippen molar-refractivity contribution in [2.45, 2.75) is 32.4 Å². The van der Waals surface area contributed by atoms with Gasteiger partial charge in [0.25, 0.3) is 0 Å². The van der Waals surface area contributed by atoms with Crippen LogP contribution < -0.4 is 5.10 Å². The van der Waals surface area contributed by atoms with Gasteiger partial charge in [0.05, 0.1) is 0 Å². The molecule has 0 aliphatic rings. The molecule has 0 atom stereocenters. The molecule has 0 bridgehead atoms. The third-order valence-electron chi connectivity index (χ3n) is 6.42. The molecule has 252 valence electrons. The average Bonchev–Trinajstić information content (AvgIpc) is 3.82. The van der Waals surface area contributed by atoms with Gasteiger partial charge in [0.1, 0.15) is 5.69 Å². The Hall–Kier alpha value is -4.82. The fourth-order valence-corrected chi connectivity index (χ4v) is 4.04. The molecule has 48 heavy (non-hydrogen) atoms. The summed E-state index contributed by atoms with van der Waals surface area (Å²) in [5, 5.41) is 14.3. The number of alkyl halides is 6. The Bertz CT molecular complexity index is 1850. The summed E-state index contributed by atoms with van der Waals surface area (Å²) in [6, 6.07) is 16.6. The molecule has 16 heteroatoms. The van der Waals surface area contributed by atoms with Crippen LogP contribution in [0.1, 0.15) is 33.5 Å². The van der Waals surface area contributed by atoms with Gasteiger partial charge in [-0.1, -0.05) is 30.8 Å². The van der Waals surface area contributed by atoms with Gasteiger partial charge in [-0.3, -0.25) is 18.7 Å². The smallest absolute Gasteiger partial charge is 0.573 e. The maximum Gasteiger partial charge on any atom is 3.00 e. The summed E-state index contributed by atoms with van der Waals surface area (Å²) in [6.45, 7) is 5.70. The number of benzene rings is 2. The number of rotatable bonds is 5. The minimum atomic E-state index is -4.54. The predicted molar refractivity (Wildman–Crippen MR) is 154 cm³/mol. The van der Waals surface area contributed by atoms with E-state index < -0.39 is 29.4 Å². The molecule has 7 nitrogen and oxygen atoms in total. The average molecular weight is 851 g/mol. The molecule has 0 radical (unpaired) electrons. The Labute approximate surface area is 283 Å². The molecule has 0 unspecified atom stereocenters. The van der Waals surface area contributed by atoms with Crippen LogP contribution in [-0.2, 0) is 45.5 Å². The first-order chi connectivity index (χ1) is 22.2. The summed E-state index contributed by atoms with van der Waals surface area (Å²) in [5.41, 5.74) is 0.0399. The van der Waals surface area contributed by atoms with Crippen molar-refractivity contribution in [1.29, 1.82) is 0 Å². The molecule has 4 heterocycles. The van der Waals surface area contributed by atoms with Crippen molar-refractivity contribution in [3.05, 3.63) is 150 Å². The van der Waals surface area contributed by atoms with Gasteiger partial charge in [-0.15, -0.1) is 23.3 Å². The van der Waals surface area contributed by atoms with Gasteiger partial charge in [0.2, 0.25) is 0 Å². The summed E-state index contributed by atoms with van der Waals surface area (Å²) in [7, 11) is 0. The van der Waals surface area contributed by atoms with Crippen LogP contribution in [0.25, 0.3) is 11.4 Å². The maximum absolute atomic E-state index is 13.3. The van der Waals surface area contributed by atoms with E-state index in [1.807, 2.05) is 19.2 Å². The molecule has 0 spiro atoms. The number of pyridine rings is 1. The number of aromatic nitrogens is 7. The molecule has 0 aliphatic carbocycles. The molecule has 2 aromatic carbocycles. The zero-order chi connectivity index (χ0) is 34.2. The quantitative estimate of drug-likeness (QED) is 0.132. The number of hydrogen-bond donors (Lipinski definition) is 0. The Morgan fingerprint density at radius 2 is 1.48 bits per heavy atom. The van der Waals surface area contributed by atoms with Gasteiger partial charge < -0.3 is 10.2 Å². The monoisotopic (exact) mass is 851 g/mol. The molecule has 0 amide bonds. The normalized spacial score (nSPS) is 11.1. The number of halogens is 8. The van der Waals surface area contributed by atoms with Crippen LogP contribution >= 0.6 is 0 Å². The van der Waals surface area contributed by atoms with E-state index in [0.717, 1.165) is 29.3 Å². The van der Waals surface area contributed by atoms with Crippen molar-refractivity contribution in [1.82, 2.24) is 34.7 Å². The van der Waals surface area contributed by atoms with Crippen molar-refractivity contribution in [2.24, 2.45) is 0 Å². The number of nitrogens with zero attached hydrogens (tertiary/aromatic N) is 7. The van der Waals surface area contributed by atoms with Gasteiger partial charge in [-0.05, 0) is 30.3 Å². The second-order valence-electron chi connectivity index (χ2n) is 9.75. The van der Waals surface area contributed by atoms with Gasteiger partial charge in [-0.2, -0.15) is 60.7 Å². The predicted octanol–water partition coefficient (Wildman–Crippen LogP) is 7.57. The van der Waals surface area contributed by atoms with Crippen LogP contribution in [0.4, 0.5) is 35.1 Å². The van der Waals surface area contributed by atoms with Crippen molar-refractivity contribution < 1.29 is 55.2 Å². The van der Waals surface area contributed by atoms with Crippen LogP contribution in [0.3, 0.4) is 0 Å². The minimum Gasteiger partial charge on any atom is -0.573 e. The second-order valence-corrected chi connectivity index (χ2v) is 9.75. The molecule has 6 rings (SSSR count). The Balaban J connectivity index is 0.000000195.